The van der Waals surface area contributed by atoms with E-state index >= 15 is 0 Å². The molecule has 0 spiro atoms. The molecule has 12 heteroatoms. The van der Waals surface area contributed by atoms with Gasteiger partial charge in [-0.3, -0.25) is 0 Å². The zero-order valence-corrected chi connectivity index (χ0v) is 35.2. The fourth-order valence-electron chi connectivity index (χ4n) is 6.18. The topological polar surface area (TPSA) is 150 Å². The Morgan fingerprint density at radius 1 is 0.323 bits per heavy atom. The Morgan fingerprint density at radius 2 is 0.532 bits per heavy atom. The molecule has 0 saturated heterocycles. The van der Waals surface area contributed by atoms with E-state index in [2.05, 4.69) is 0 Å². The summed E-state index contributed by atoms with van der Waals surface area (Å²) >= 11 is 0. The lowest BCUT2D eigenvalue weighted by Crippen LogP contribution is -2.50. The molecule has 0 radical (unpaired) electrons. The van der Waals surface area contributed by atoms with Crippen molar-refractivity contribution in [1.82, 2.24) is 0 Å². The SMILES string of the molecule is CCC(COCC(CC)(COC(=O)c1ccccc1)OC(=O)c1ccccc1)(COCC(CC)(COC(=O)c1ccccc1)OC(=O)c1ccccc1)OC(=O)c1ccccc1. The maximum Gasteiger partial charge on any atom is 0.338 e. The molecule has 62 heavy (non-hydrogen) atoms. The number of benzene rings is 5. The highest BCUT2D eigenvalue weighted by molar-refractivity contribution is 5.92. The summed E-state index contributed by atoms with van der Waals surface area (Å²) in [5.74, 6) is -3.19. The first-order valence-corrected chi connectivity index (χ1v) is 20.5. The van der Waals surface area contributed by atoms with Gasteiger partial charge in [-0.1, -0.05) is 112 Å². The molecular formula is C50H52O12. The quantitative estimate of drug-likeness (QED) is 0.0457. The molecule has 0 aliphatic carbocycles. The fourth-order valence-corrected chi connectivity index (χ4v) is 6.18. The van der Waals surface area contributed by atoms with E-state index in [1.54, 1.807) is 172 Å². The van der Waals surface area contributed by atoms with Gasteiger partial charge >= 0.3 is 29.8 Å². The van der Waals surface area contributed by atoms with Gasteiger partial charge in [0.15, 0.2) is 16.8 Å². The van der Waals surface area contributed by atoms with Crippen molar-refractivity contribution in [2.24, 2.45) is 0 Å². The summed E-state index contributed by atoms with van der Waals surface area (Å²) in [4.78, 5) is 66.8. The second-order valence-corrected chi connectivity index (χ2v) is 14.7. The van der Waals surface area contributed by atoms with Crippen LogP contribution in [-0.2, 0) is 33.2 Å². The van der Waals surface area contributed by atoms with Crippen LogP contribution in [0.1, 0.15) is 91.8 Å². The highest BCUT2D eigenvalue weighted by Crippen LogP contribution is 2.27. The smallest absolute Gasteiger partial charge is 0.338 e. The molecule has 0 amide bonds. The number of hydrogen-bond acceptors (Lipinski definition) is 12. The van der Waals surface area contributed by atoms with Crippen LogP contribution in [-0.4, -0.2) is 86.3 Å². The molecule has 0 bridgehead atoms. The summed E-state index contributed by atoms with van der Waals surface area (Å²) in [6, 6.07) is 42.0. The summed E-state index contributed by atoms with van der Waals surface area (Å²) in [5, 5.41) is 0. The number of carbonyl (C=O) groups is 5. The Balaban J connectivity index is 1.39. The molecule has 0 N–H and O–H groups in total. The van der Waals surface area contributed by atoms with Gasteiger partial charge in [-0.15, -0.1) is 0 Å². The van der Waals surface area contributed by atoms with Crippen molar-refractivity contribution in [3.05, 3.63) is 179 Å². The van der Waals surface area contributed by atoms with E-state index in [9.17, 15) is 24.0 Å². The van der Waals surface area contributed by atoms with Crippen molar-refractivity contribution in [3.8, 4) is 0 Å². The maximum absolute atomic E-state index is 13.7. The predicted molar refractivity (Wildman–Crippen MR) is 230 cm³/mol. The summed E-state index contributed by atoms with van der Waals surface area (Å²) in [6.07, 6.45) is 0.546. The molecule has 5 aromatic rings. The van der Waals surface area contributed by atoms with Crippen LogP contribution < -0.4 is 0 Å². The van der Waals surface area contributed by atoms with Crippen LogP contribution in [0.2, 0.25) is 0 Å². The molecule has 0 aliphatic heterocycles. The lowest BCUT2D eigenvalue weighted by molar-refractivity contribution is -0.155. The minimum atomic E-state index is -1.47. The molecule has 0 aromatic heterocycles. The largest absolute Gasteiger partial charge is 0.458 e. The normalized spacial score (nSPS) is 13.9. The van der Waals surface area contributed by atoms with Crippen molar-refractivity contribution in [2.45, 2.75) is 56.8 Å². The van der Waals surface area contributed by atoms with E-state index in [1.165, 1.54) is 0 Å². The zero-order chi connectivity index (χ0) is 44.3. The van der Waals surface area contributed by atoms with Gasteiger partial charge in [0.25, 0.3) is 0 Å². The molecule has 0 fully saturated rings. The average Bonchev–Trinajstić information content (AvgIpc) is 3.33. The first-order chi connectivity index (χ1) is 30.0. The summed E-state index contributed by atoms with van der Waals surface area (Å²) in [5.41, 5.74) is -2.90. The number of carbonyl (C=O) groups excluding carboxylic acids is 5. The molecule has 5 aromatic carbocycles. The van der Waals surface area contributed by atoms with E-state index < -0.39 is 46.6 Å². The predicted octanol–water partition coefficient (Wildman–Crippen LogP) is 8.75. The minimum absolute atomic E-state index is 0.181. The third-order valence-electron chi connectivity index (χ3n) is 10.3. The molecule has 2 atom stereocenters. The third kappa shape index (κ3) is 13.2. The lowest BCUT2D eigenvalue weighted by Gasteiger charge is -2.37. The number of esters is 5. The van der Waals surface area contributed by atoms with Crippen LogP contribution in [0.4, 0.5) is 0 Å². The Hall–Kier alpha value is -6.63. The first kappa shape index (κ1) is 46.4. The summed E-state index contributed by atoms with van der Waals surface area (Å²) in [7, 11) is 0. The van der Waals surface area contributed by atoms with E-state index in [-0.39, 0.29) is 75.6 Å². The van der Waals surface area contributed by atoms with E-state index in [0.717, 1.165) is 0 Å². The zero-order valence-electron chi connectivity index (χ0n) is 35.2. The molecule has 324 valence electrons. The van der Waals surface area contributed by atoms with Crippen LogP contribution in [0, 0.1) is 0 Å². The lowest BCUT2D eigenvalue weighted by atomic mass is 10.00. The number of hydrogen-bond donors (Lipinski definition) is 0. The van der Waals surface area contributed by atoms with Crippen molar-refractivity contribution >= 4 is 29.8 Å². The second kappa shape index (κ2) is 22.8. The third-order valence-corrected chi connectivity index (χ3v) is 10.3. The molecule has 0 saturated carbocycles. The van der Waals surface area contributed by atoms with Gasteiger partial charge in [0.1, 0.15) is 13.2 Å². The molecule has 12 nitrogen and oxygen atoms in total. The minimum Gasteiger partial charge on any atom is -0.458 e. The van der Waals surface area contributed by atoms with Gasteiger partial charge < -0.3 is 33.2 Å². The van der Waals surface area contributed by atoms with Crippen LogP contribution >= 0.6 is 0 Å². The van der Waals surface area contributed by atoms with E-state index in [1.807, 2.05) is 0 Å². The Kier molecular flexibility index (Phi) is 17.1. The fraction of sp³-hybridized carbons (Fsp3) is 0.300. The van der Waals surface area contributed by atoms with Gasteiger partial charge in [-0.2, -0.15) is 0 Å². The molecule has 2 unspecified atom stereocenters. The molecule has 0 aliphatic rings. The number of ether oxygens (including phenoxy) is 7. The highest BCUT2D eigenvalue weighted by atomic mass is 16.6. The van der Waals surface area contributed by atoms with Crippen molar-refractivity contribution in [3.63, 3.8) is 0 Å². The van der Waals surface area contributed by atoms with Crippen molar-refractivity contribution < 1.29 is 57.1 Å². The summed E-state index contributed by atoms with van der Waals surface area (Å²) < 4.78 is 42.5. The van der Waals surface area contributed by atoms with Gasteiger partial charge in [0, 0.05) is 0 Å². The summed E-state index contributed by atoms with van der Waals surface area (Å²) in [6.45, 7) is 3.60. The van der Waals surface area contributed by atoms with Crippen molar-refractivity contribution in [2.75, 3.05) is 39.6 Å². The Labute approximate surface area is 362 Å². The van der Waals surface area contributed by atoms with Crippen LogP contribution in [0.5, 0.6) is 0 Å². The van der Waals surface area contributed by atoms with Gasteiger partial charge in [0.05, 0.1) is 54.2 Å². The first-order valence-electron chi connectivity index (χ1n) is 20.5. The van der Waals surface area contributed by atoms with Gasteiger partial charge in [0.2, 0.25) is 0 Å². The van der Waals surface area contributed by atoms with Crippen LogP contribution in [0.15, 0.2) is 152 Å². The Morgan fingerprint density at radius 3 is 0.758 bits per heavy atom. The van der Waals surface area contributed by atoms with Crippen molar-refractivity contribution in [1.29, 1.82) is 0 Å². The molecule has 0 heterocycles. The highest BCUT2D eigenvalue weighted by Gasteiger charge is 2.41. The second-order valence-electron chi connectivity index (χ2n) is 14.7. The molecule has 5 rings (SSSR count). The van der Waals surface area contributed by atoms with Crippen LogP contribution in [0.25, 0.3) is 0 Å². The Bertz CT molecular complexity index is 2060. The monoisotopic (exact) mass is 844 g/mol. The van der Waals surface area contributed by atoms with Gasteiger partial charge in [-0.25, -0.2) is 24.0 Å². The maximum atomic E-state index is 13.7. The van der Waals surface area contributed by atoms with E-state index in [0.29, 0.717) is 11.1 Å². The molecular weight excluding hydrogens is 793 g/mol. The number of rotatable bonds is 23. The van der Waals surface area contributed by atoms with Gasteiger partial charge in [-0.05, 0) is 79.9 Å². The standard InChI is InChI=1S/C50H52O12/c1-4-48(60-45(53)40-26-16-9-17-27-40,32-56-34-49(5-2,61-46(54)41-28-18-10-19-29-41)36-58-43(51)38-22-12-7-13-23-38)33-57-35-50(6-3,62-47(55)42-30-20-11-21-31-42)37-59-44(52)39-24-14-8-15-25-39/h7-31H,4-6,32-37H2,1-3H3. The van der Waals surface area contributed by atoms with Crippen LogP contribution in [0.3, 0.4) is 0 Å². The van der Waals surface area contributed by atoms with E-state index in [4.69, 9.17) is 33.2 Å². The average molecular weight is 845 g/mol.